The molecule has 2 unspecified atom stereocenters. The summed E-state index contributed by atoms with van der Waals surface area (Å²) < 4.78 is 4.88. The van der Waals surface area contributed by atoms with Crippen molar-refractivity contribution < 1.29 is 9.53 Å². The van der Waals surface area contributed by atoms with E-state index in [1.807, 2.05) is 0 Å². The van der Waals surface area contributed by atoms with Gasteiger partial charge in [0.15, 0.2) is 5.78 Å². The SMILES string of the molecule is NC(C(=O)C1CO1)C1CCC1. The van der Waals surface area contributed by atoms with Gasteiger partial charge in [-0.3, -0.25) is 4.79 Å². The summed E-state index contributed by atoms with van der Waals surface area (Å²) in [6.07, 6.45) is 3.33. The fraction of sp³-hybridized carbons (Fsp3) is 0.875. The van der Waals surface area contributed by atoms with E-state index in [9.17, 15) is 4.79 Å². The minimum Gasteiger partial charge on any atom is -0.365 e. The van der Waals surface area contributed by atoms with Gasteiger partial charge < -0.3 is 10.5 Å². The van der Waals surface area contributed by atoms with E-state index in [2.05, 4.69) is 0 Å². The van der Waals surface area contributed by atoms with Gasteiger partial charge in [0, 0.05) is 0 Å². The molecule has 1 aliphatic carbocycles. The highest BCUT2D eigenvalue weighted by Gasteiger charge is 2.39. The highest BCUT2D eigenvalue weighted by Crippen LogP contribution is 2.30. The fourth-order valence-corrected chi connectivity index (χ4v) is 1.46. The molecule has 0 amide bonds. The highest BCUT2D eigenvalue weighted by molar-refractivity contribution is 5.90. The zero-order valence-corrected chi connectivity index (χ0v) is 6.45. The maximum Gasteiger partial charge on any atom is 0.180 e. The van der Waals surface area contributed by atoms with Crippen molar-refractivity contribution in [2.45, 2.75) is 31.4 Å². The molecule has 2 atom stereocenters. The third kappa shape index (κ3) is 1.30. The maximum absolute atomic E-state index is 11.3. The van der Waals surface area contributed by atoms with E-state index in [1.54, 1.807) is 0 Å². The Balaban J connectivity index is 1.86. The Kier molecular flexibility index (Phi) is 1.69. The first-order valence-electron chi connectivity index (χ1n) is 4.20. The Bertz CT molecular complexity index is 173. The lowest BCUT2D eigenvalue weighted by atomic mass is 9.78. The first-order chi connectivity index (χ1) is 5.29. The van der Waals surface area contributed by atoms with Crippen molar-refractivity contribution in [1.82, 2.24) is 0 Å². The van der Waals surface area contributed by atoms with Crippen LogP contribution in [0.4, 0.5) is 0 Å². The Labute approximate surface area is 65.9 Å². The lowest BCUT2D eigenvalue weighted by molar-refractivity contribution is -0.123. The van der Waals surface area contributed by atoms with Gasteiger partial charge in [-0.2, -0.15) is 0 Å². The second kappa shape index (κ2) is 2.57. The summed E-state index contributed by atoms with van der Waals surface area (Å²) in [5, 5.41) is 0. The number of nitrogens with two attached hydrogens (primary N) is 1. The number of rotatable bonds is 3. The number of Topliss-reactive ketones (excluding diaryl/α,β-unsaturated/α-hetero) is 1. The van der Waals surface area contributed by atoms with Gasteiger partial charge in [-0.1, -0.05) is 6.42 Å². The third-order valence-electron chi connectivity index (χ3n) is 2.64. The molecule has 1 saturated carbocycles. The molecule has 0 aromatic heterocycles. The van der Waals surface area contributed by atoms with Crippen LogP contribution in [0.15, 0.2) is 0 Å². The van der Waals surface area contributed by atoms with Crippen molar-refractivity contribution in [2.75, 3.05) is 6.61 Å². The van der Waals surface area contributed by atoms with Crippen molar-refractivity contribution in [2.24, 2.45) is 11.7 Å². The smallest absolute Gasteiger partial charge is 0.180 e. The van der Waals surface area contributed by atoms with Gasteiger partial charge in [0.25, 0.3) is 0 Å². The van der Waals surface area contributed by atoms with E-state index in [4.69, 9.17) is 10.5 Å². The second-order valence-electron chi connectivity index (χ2n) is 3.44. The molecule has 0 bridgehead atoms. The number of carbonyl (C=O) groups excluding carboxylic acids is 1. The first kappa shape index (κ1) is 7.25. The van der Waals surface area contributed by atoms with E-state index in [0.717, 1.165) is 12.8 Å². The molecule has 2 fully saturated rings. The van der Waals surface area contributed by atoms with Gasteiger partial charge >= 0.3 is 0 Å². The van der Waals surface area contributed by atoms with Crippen LogP contribution in [-0.4, -0.2) is 24.5 Å². The quantitative estimate of drug-likeness (QED) is 0.587. The van der Waals surface area contributed by atoms with Gasteiger partial charge in [0.2, 0.25) is 0 Å². The first-order valence-corrected chi connectivity index (χ1v) is 4.20. The van der Waals surface area contributed by atoms with E-state index >= 15 is 0 Å². The summed E-state index contributed by atoms with van der Waals surface area (Å²) in [7, 11) is 0. The topological polar surface area (TPSA) is 55.6 Å². The van der Waals surface area contributed by atoms with Crippen LogP contribution in [0.25, 0.3) is 0 Å². The van der Waals surface area contributed by atoms with Crippen LogP contribution in [0.3, 0.4) is 0 Å². The molecule has 3 heteroatoms. The van der Waals surface area contributed by atoms with Crippen LogP contribution >= 0.6 is 0 Å². The van der Waals surface area contributed by atoms with Gasteiger partial charge in [0.05, 0.1) is 12.6 Å². The number of hydrogen-bond donors (Lipinski definition) is 1. The fourth-order valence-electron chi connectivity index (χ4n) is 1.46. The van der Waals surface area contributed by atoms with Gasteiger partial charge in [-0.15, -0.1) is 0 Å². The third-order valence-corrected chi connectivity index (χ3v) is 2.64. The number of hydrogen-bond acceptors (Lipinski definition) is 3. The molecule has 2 aliphatic rings. The Morgan fingerprint density at radius 2 is 2.18 bits per heavy atom. The van der Waals surface area contributed by atoms with Gasteiger partial charge in [-0.05, 0) is 18.8 Å². The monoisotopic (exact) mass is 155 g/mol. The minimum atomic E-state index is -0.240. The zero-order chi connectivity index (χ0) is 7.84. The van der Waals surface area contributed by atoms with E-state index in [0.29, 0.717) is 12.5 Å². The summed E-state index contributed by atoms with van der Waals surface area (Å²) in [5.41, 5.74) is 5.73. The molecule has 62 valence electrons. The van der Waals surface area contributed by atoms with Crippen molar-refractivity contribution >= 4 is 5.78 Å². The predicted molar refractivity (Wildman–Crippen MR) is 40.1 cm³/mol. The van der Waals surface area contributed by atoms with Crippen molar-refractivity contribution in [1.29, 1.82) is 0 Å². The largest absolute Gasteiger partial charge is 0.365 e. The number of ether oxygens (including phenoxy) is 1. The highest BCUT2D eigenvalue weighted by atomic mass is 16.6. The van der Waals surface area contributed by atoms with E-state index in [1.165, 1.54) is 6.42 Å². The molecule has 0 radical (unpaired) electrons. The van der Waals surface area contributed by atoms with Crippen LogP contribution in [0.1, 0.15) is 19.3 Å². The number of carbonyl (C=O) groups is 1. The molecular formula is C8H13NO2. The average Bonchev–Trinajstić information content (AvgIpc) is 2.62. The Morgan fingerprint density at radius 1 is 1.55 bits per heavy atom. The summed E-state index contributed by atoms with van der Waals surface area (Å²) >= 11 is 0. The van der Waals surface area contributed by atoms with Crippen molar-refractivity contribution in [3.05, 3.63) is 0 Å². The Morgan fingerprint density at radius 3 is 2.55 bits per heavy atom. The van der Waals surface area contributed by atoms with Crippen LogP contribution in [0.5, 0.6) is 0 Å². The molecule has 0 spiro atoms. The lowest BCUT2D eigenvalue weighted by Crippen LogP contribution is -2.43. The predicted octanol–water partition coefficient (Wildman–Crippen LogP) is 0.0817. The standard InChI is InChI=1S/C8H13NO2/c9-7(5-2-1-3-5)8(10)6-4-11-6/h5-7H,1-4,9H2. The molecule has 1 aliphatic heterocycles. The van der Waals surface area contributed by atoms with Crippen LogP contribution in [0, 0.1) is 5.92 Å². The molecule has 11 heavy (non-hydrogen) atoms. The lowest BCUT2D eigenvalue weighted by Gasteiger charge is -2.29. The van der Waals surface area contributed by atoms with Crippen LogP contribution < -0.4 is 5.73 Å². The molecule has 1 heterocycles. The second-order valence-corrected chi connectivity index (χ2v) is 3.44. The molecule has 1 saturated heterocycles. The summed E-state index contributed by atoms with van der Waals surface area (Å²) in [5.74, 6) is 0.571. The van der Waals surface area contributed by atoms with Crippen LogP contribution in [0.2, 0.25) is 0 Å². The zero-order valence-electron chi connectivity index (χ0n) is 6.45. The Hall–Kier alpha value is -0.410. The summed E-state index contributed by atoms with van der Waals surface area (Å²) in [6, 6.07) is -0.240. The van der Waals surface area contributed by atoms with E-state index in [-0.39, 0.29) is 17.9 Å². The summed E-state index contributed by atoms with van der Waals surface area (Å²) in [4.78, 5) is 11.3. The maximum atomic E-state index is 11.3. The minimum absolute atomic E-state index is 0.120. The van der Waals surface area contributed by atoms with Crippen molar-refractivity contribution in [3.63, 3.8) is 0 Å². The number of ketones is 1. The molecule has 0 aromatic carbocycles. The van der Waals surface area contributed by atoms with Crippen LogP contribution in [-0.2, 0) is 9.53 Å². The molecule has 2 N–H and O–H groups in total. The molecule has 3 nitrogen and oxygen atoms in total. The van der Waals surface area contributed by atoms with Gasteiger partial charge in [-0.25, -0.2) is 0 Å². The summed E-state index contributed by atoms with van der Waals surface area (Å²) in [6.45, 7) is 0.596. The van der Waals surface area contributed by atoms with Gasteiger partial charge in [0.1, 0.15) is 6.10 Å². The van der Waals surface area contributed by atoms with Crippen molar-refractivity contribution in [3.8, 4) is 0 Å². The number of epoxide rings is 1. The van der Waals surface area contributed by atoms with E-state index < -0.39 is 0 Å². The average molecular weight is 155 g/mol. The molecule has 2 rings (SSSR count). The molecule has 0 aromatic rings. The molecular weight excluding hydrogens is 142 g/mol. The normalized spacial score (nSPS) is 32.6.